The molecule has 1 aliphatic rings. The summed E-state index contributed by atoms with van der Waals surface area (Å²) < 4.78 is 26.6. The number of hydrogen-bond donors (Lipinski definition) is 2. The van der Waals surface area contributed by atoms with Gasteiger partial charge >= 0.3 is 12.2 Å². The largest absolute Gasteiger partial charge is 0.446 e. The first kappa shape index (κ1) is 28.2. The van der Waals surface area contributed by atoms with E-state index in [1.165, 1.54) is 0 Å². The second-order valence-electron chi connectivity index (χ2n) is 8.22. The van der Waals surface area contributed by atoms with Crippen molar-refractivity contribution >= 4 is 12.2 Å². The van der Waals surface area contributed by atoms with Crippen LogP contribution >= 0.6 is 0 Å². The lowest BCUT2D eigenvalue weighted by Crippen LogP contribution is -2.33. The van der Waals surface area contributed by atoms with Gasteiger partial charge in [-0.05, 0) is 52.9 Å². The summed E-state index contributed by atoms with van der Waals surface area (Å²) in [6.45, 7) is 8.30. The molecule has 0 aromatic rings. The van der Waals surface area contributed by atoms with Gasteiger partial charge in [0.05, 0.1) is 46.2 Å². The molecule has 1 aliphatic carbocycles. The van der Waals surface area contributed by atoms with Crippen LogP contribution in [0.3, 0.4) is 0 Å². The Morgan fingerprint density at radius 1 is 0.844 bits per heavy atom. The Balaban J connectivity index is 1.82. The first-order valence-corrected chi connectivity index (χ1v) is 11.3. The van der Waals surface area contributed by atoms with Crippen molar-refractivity contribution in [3.8, 4) is 0 Å². The van der Waals surface area contributed by atoms with Gasteiger partial charge in [0.25, 0.3) is 0 Å². The zero-order valence-corrected chi connectivity index (χ0v) is 19.7. The van der Waals surface area contributed by atoms with Crippen LogP contribution in [-0.2, 0) is 28.5 Å². The van der Waals surface area contributed by atoms with Crippen LogP contribution in [0.15, 0.2) is 12.2 Å². The molecule has 32 heavy (non-hydrogen) atoms. The van der Waals surface area contributed by atoms with Crippen LogP contribution in [0.25, 0.3) is 0 Å². The second-order valence-corrected chi connectivity index (χ2v) is 8.22. The minimum Gasteiger partial charge on any atom is -0.446 e. The molecule has 0 aromatic heterocycles. The second kappa shape index (κ2) is 17.6. The lowest BCUT2D eigenvalue weighted by molar-refractivity contribution is -0.0354. The van der Waals surface area contributed by atoms with Gasteiger partial charge < -0.3 is 29.0 Å². The fourth-order valence-electron chi connectivity index (χ4n) is 2.71. The number of hydroxylamine groups is 1. The smallest absolute Gasteiger partial charge is 0.431 e. The molecule has 186 valence electrons. The summed E-state index contributed by atoms with van der Waals surface area (Å²) in [6.07, 6.45) is 8.12. The van der Waals surface area contributed by atoms with Crippen molar-refractivity contribution < 1.29 is 38.1 Å². The molecule has 0 aromatic carbocycles. The van der Waals surface area contributed by atoms with Gasteiger partial charge in [0, 0.05) is 6.54 Å². The van der Waals surface area contributed by atoms with E-state index in [9.17, 15) is 9.59 Å². The molecule has 1 atom stereocenters. The molecule has 0 saturated carbocycles. The monoisotopic (exact) mass is 460 g/mol. The Kier molecular flexibility index (Phi) is 15.5. The van der Waals surface area contributed by atoms with Crippen LogP contribution in [0.2, 0.25) is 0 Å². The van der Waals surface area contributed by atoms with E-state index in [0.717, 1.165) is 32.1 Å². The molecule has 0 saturated heterocycles. The minimum absolute atomic E-state index is 0.00992. The van der Waals surface area contributed by atoms with Crippen molar-refractivity contribution in [3.05, 3.63) is 12.2 Å². The van der Waals surface area contributed by atoms with Crippen LogP contribution in [0.1, 0.15) is 52.9 Å². The number of carbonyl (C=O) groups is 2. The minimum atomic E-state index is -0.638. The Labute approximate surface area is 191 Å². The molecule has 0 fully saturated rings. The molecular formula is C22H40N2O8. The number of rotatable bonds is 14. The van der Waals surface area contributed by atoms with Crippen LogP contribution < -0.4 is 10.8 Å². The van der Waals surface area contributed by atoms with Crippen molar-refractivity contribution in [1.29, 1.82) is 0 Å². The molecule has 1 rings (SSSR count). The molecule has 0 aliphatic heterocycles. The Bertz CT molecular complexity index is 537. The number of amides is 2. The molecule has 10 nitrogen and oxygen atoms in total. The van der Waals surface area contributed by atoms with E-state index < -0.39 is 11.7 Å². The fourth-order valence-corrected chi connectivity index (χ4v) is 2.71. The molecule has 1 unspecified atom stereocenters. The molecule has 0 radical (unpaired) electrons. The summed E-state index contributed by atoms with van der Waals surface area (Å²) in [4.78, 5) is 28.1. The van der Waals surface area contributed by atoms with Gasteiger partial charge in [-0.2, -0.15) is 5.48 Å². The predicted molar refractivity (Wildman–Crippen MR) is 118 cm³/mol. The lowest BCUT2D eigenvalue weighted by Gasteiger charge is -2.19. The van der Waals surface area contributed by atoms with E-state index >= 15 is 0 Å². The summed E-state index contributed by atoms with van der Waals surface area (Å²) in [5.74, 6) is 0. The van der Waals surface area contributed by atoms with Crippen molar-refractivity contribution in [2.45, 2.75) is 64.6 Å². The summed E-state index contributed by atoms with van der Waals surface area (Å²) in [5, 5.41) is 2.71. The molecule has 2 amide bonds. The van der Waals surface area contributed by atoms with Crippen molar-refractivity contribution in [1.82, 2.24) is 10.8 Å². The predicted octanol–water partition coefficient (Wildman–Crippen LogP) is 3.11. The highest BCUT2D eigenvalue weighted by molar-refractivity contribution is 5.67. The third-order valence-corrected chi connectivity index (χ3v) is 4.14. The molecule has 10 heteroatoms. The standard InChI is InChI=1S/C22H40N2O8/c1-22(2,3)32-21(26)24-30-18-17-29-16-15-28-14-13-27-12-11-23-20(25)31-19-9-7-5-4-6-8-10-19/h4-5,19H,6-18H2,1-3H3,(H,23,25)(H,24,26)/b5-4+. The summed E-state index contributed by atoms with van der Waals surface area (Å²) in [5.41, 5.74) is 1.61. The third-order valence-electron chi connectivity index (χ3n) is 4.14. The van der Waals surface area contributed by atoms with Gasteiger partial charge in [-0.1, -0.05) is 12.2 Å². The van der Waals surface area contributed by atoms with Crippen molar-refractivity contribution in [2.75, 3.05) is 52.8 Å². The van der Waals surface area contributed by atoms with Gasteiger partial charge in [-0.3, -0.25) is 4.84 Å². The molecule has 0 heterocycles. The Morgan fingerprint density at radius 3 is 2.16 bits per heavy atom. The SMILES string of the molecule is CC(C)(C)OC(=O)NOCCOCCOCCOCCNC(=O)OC1CC/C=C/CCC1. The summed E-state index contributed by atoms with van der Waals surface area (Å²) >= 11 is 0. The van der Waals surface area contributed by atoms with Gasteiger partial charge in [-0.25, -0.2) is 9.59 Å². The normalized spacial score (nSPS) is 17.7. The average Bonchev–Trinajstić information content (AvgIpc) is 2.68. The maximum absolute atomic E-state index is 11.8. The summed E-state index contributed by atoms with van der Waals surface area (Å²) in [7, 11) is 0. The van der Waals surface area contributed by atoms with Crippen molar-refractivity contribution in [3.63, 3.8) is 0 Å². The maximum atomic E-state index is 11.8. The first-order chi connectivity index (χ1) is 15.4. The number of alkyl carbamates (subject to hydrolysis) is 1. The van der Waals surface area contributed by atoms with Gasteiger partial charge in [0.1, 0.15) is 11.7 Å². The quantitative estimate of drug-likeness (QED) is 0.231. The third kappa shape index (κ3) is 17.8. The topological polar surface area (TPSA) is 114 Å². The molecular weight excluding hydrogens is 420 g/mol. The van der Waals surface area contributed by atoms with E-state index in [1.807, 2.05) is 0 Å². The number of carbonyl (C=O) groups excluding carboxylic acids is 2. The van der Waals surface area contributed by atoms with Crippen LogP contribution in [0.4, 0.5) is 9.59 Å². The van der Waals surface area contributed by atoms with Gasteiger partial charge in [0.15, 0.2) is 0 Å². The summed E-state index contributed by atoms with van der Waals surface area (Å²) in [6, 6.07) is 0. The van der Waals surface area contributed by atoms with Gasteiger partial charge in [0.2, 0.25) is 0 Å². The highest BCUT2D eigenvalue weighted by atomic mass is 16.7. The number of ether oxygens (including phenoxy) is 5. The zero-order valence-electron chi connectivity index (χ0n) is 19.7. The number of nitrogens with one attached hydrogen (secondary N) is 2. The van der Waals surface area contributed by atoms with E-state index in [1.54, 1.807) is 20.8 Å². The van der Waals surface area contributed by atoms with Gasteiger partial charge in [-0.15, -0.1) is 0 Å². The average molecular weight is 461 g/mol. The highest BCUT2D eigenvalue weighted by Gasteiger charge is 2.16. The van der Waals surface area contributed by atoms with E-state index in [0.29, 0.717) is 46.2 Å². The van der Waals surface area contributed by atoms with Crippen molar-refractivity contribution in [2.24, 2.45) is 0 Å². The van der Waals surface area contributed by atoms with E-state index in [-0.39, 0.29) is 18.8 Å². The lowest BCUT2D eigenvalue weighted by atomic mass is 10.0. The van der Waals surface area contributed by atoms with Crippen LogP contribution in [0.5, 0.6) is 0 Å². The first-order valence-electron chi connectivity index (χ1n) is 11.3. The molecule has 2 N–H and O–H groups in total. The zero-order chi connectivity index (χ0) is 23.5. The number of allylic oxidation sites excluding steroid dienone is 2. The Morgan fingerprint density at radius 2 is 1.47 bits per heavy atom. The highest BCUT2D eigenvalue weighted by Crippen LogP contribution is 2.15. The molecule has 0 bridgehead atoms. The maximum Gasteiger partial charge on any atom is 0.431 e. The van der Waals surface area contributed by atoms with E-state index in [2.05, 4.69) is 22.9 Å². The fraction of sp³-hybridized carbons (Fsp3) is 0.818. The Hall–Kier alpha value is -1.88. The van der Waals surface area contributed by atoms with Crippen LogP contribution in [0, 0.1) is 0 Å². The molecule has 0 spiro atoms. The number of hydrogen-bond acceptors (Lipinski definition) is 8. The van der Waals surface area contributed by atoms with E-state index in [4.69, 9.17) is 28.5 Å². The van der Waals surface area contributed by atoms with Crippen LogP contribution in [-0.4, -0.2) is 76.7 Å².